The normalized spacial score (nSPS) is 19.0. The van der Waals surface area contributed by atoms with E-state index in [0.29, 0.717) is 19.0 Å². The quantitative estimate of drug-likeness (QED) is 0.761. The van der Waals surface area contributed by atoms with Crippen LogP contribution in [0.25, 0.3) is 0 Å². The third-order valence-corrected chi connectivity index (χ3v) is 5.92. The van der Waals surface area contributed by atoms with E-state index in [1.165, 1.54) is 12.1 Å². The Kier molecular flexibility index (Phi) is 5.08. The highest BCUT2D eigenvalue weighted by atomic mass is 35.7. The number of benzene rings is 1. The van der Waals surface area contributed by atoms with Gasteiger partial charge in [0.05, 0.1) is 10.0 Å². The van der Waals surface area contributed by atoms with E-state index in [-0.39, 0.29) is 26.4 Å². The van der Waals surface area contributed by atoms with Crippen molar-refractivity contribution in [3.8, 4) is 0 Å². The number of hydrogen-bond acceptors (Lipinski definition) is 3. The second kappa shape index (κ2) is 6.32. The zero-order valence-corrected chi connectivity index (χ0v) is 14.4. The lowest BCUT2D eigenvalue weighted by Crippen LogP contribution is -2.28. The van der Waals surface area contributed by atoms with Gasteiger partial charge in [-0.3, -0.25) is 4.79 Å². The molecular formula is C13H14Cl3NO3S. The van der Waals surface area contributed by atoms with Crippen molar-refractivity contribution in [2.24, 2.45) is 5.92 Å². The summed E-state index contributed by atoms with van der Waals surface area (Å²) in [6.07, 6.45) is 1.96. The molecular weight excluding hydrogens is 357 g/mol. The number of carbonyl (C=O) groups is 1. The minimum absolute atomic E-state index is 0.00650. The number of halogens is 3. The molecule has 0 N–H and O–H groups in total. The van der Waals surface area contributed by atoms with Crippen molar-refractivity contribution in [3.63, 3.8) is 0 Å². The maximum Gasteiger partial charge on any atom is 0.262 e. The molecule has 2 rings (SSSR count). The minimum Gasteiger partial charge on any atom is -0.338 e. The highest BCUT2D eigenvalue weighted by Gasteiger charge is 2.28. The van der Waals surface area contributed by atoms with Crippen molar-refractivity contribution < 1.29 is 13.2 Å². The van der Waals surface area contributed by atoms with E-state index < -0.39 is 9.05 Å². The second-order valence-electron chi connectivity index (χ2n) is 5.02. The average Bonchev–Trinajstić information content (AvgIpc) is 2.88. The second-order valence-corrected chi connectivity index (χ2v) is 8.34. The van der Waals surface area contributed by atoms with Crippen molar-refractivity contribution in [1.29, 1.82) is 0 Å². The minimum atomic E-state index is -4.07. The van der Waals surface area contributed by atoms with Crippen molar-refractivity contribution >= 4 is 48.8 Å². The van der Waals surface area contributed by atoms with E-state index in [9.17, 15) is 13.2 Å². The third-order valence-electron chi connectivity index (χ3n) is 3.65. The molecule has 8 heteroatoms. The first kappa shape index (κ1) is 16.9. The smallest absolute Gasteiger partial charge is 0.262 e. The van der Waals surface area contributed by atoms with E-state index >= 15 is 0 Å². The molecule has 0 spiro atoms. The molecule has 0 saturated carbocycles. The Labute approximate surface area is 138 Å². The van der Waals surface area contributed by atoms with Crippen LogP contribution in [-0.2, 0) is 9.05 Å². The van der Waals surface area contributed by atoms with Gasteiger partial charge in [0, 0.05) is 29.3 Å². The van der Waals surface area contributed by atoms with Gasteiger partial charge in [-0.25, -0.2) is 8.42 Å². The van der Waals surface area contributed by atoms with Crippen LogP contribution < -0.4 is 0 Å². The van der Waals surface area contributed by atoms with E-state index in [1.54, 1.807) is 4.90 Å². The van der Waals surface area contributed by atoms with Gasteiger partial charge in [-0.05, 0) is 24.5 Å². The Morgan fingerprint density at radius 3 is 2.57 bits per heavy atom. The molecule has 1 aliphatic heterocycles. The molecule has 1 saturated heterocycles. The molecule has 1 unspecified atom stereocenters. The zero-order valence-electron chi connectivity index (χ0n) is 11.3. The molecule has 0 aromatic heterocycles. The molecule has 0 aliphatic carbocycles. The van der Waals surface area contributed by atoms with Gasteiger partial charge in [0.2, 0.25) is 0 Å². The largest absolute Gasteiger partial charge is 0.338 e. The van der Waals surface area contributed by atoms with Gasteiger partial charge in [0.15, 0.2) is 0 Å². The van der Waals surface area contributed by atoms with Crippen LogP contribution in [0.1, 0.15) is 30.1 Å². The molecule has 1 atom stereocenters. The molecule has 1 aliphatic rings. The first-order chi connectivity index (χ1) is 9.74. The van der Waals surface area contributed by atoms with Crippen molar-refractivity contribution in [3.05, 3.63) is 27.7 Å². The van der Waals surface area contributed by atoms with Crippen LogP contribution in [0.15, 0.2) is 17.0 Å². The highest BCUT2D eigenvalue weighted by Crippen LogP contribution is 2.33. The van der Waals surface area contributed by atoms with E-state index in [0.717, 1.165) is 12.8 Å². The molecule has 4 nitrogen and oxygen atoms in total. The van der Waals surface area contributed by atoms with Crippen molar-refractivity contribution in [2.75, 3.05) is 13.1 Å². The van der Waals surface area contributed by atoms with E-state index in [1.807, 2.05) is 0 Å². The van der Waals surface area contributed by atoms with Gasteiger partial charge >= 0.3 is 0 Å². The summed E-state index contributed by atoms with van der Waals surface area (Å²) in [5.74, 6) is 0.221. The summed E-state index contributed by atoms with van der Waals surface area (Å²) in [5.41, 5.74) is 0.181. The maximum atomic E-state index is 12.4. The number of hydrogen-bond donors (Lipinski definition) is 0. The molecule has 0 bridgehead atoms. The topological polar surface area (TPSA) is 54.5 Å². The fourth-order valence-corrected chi connectivity index (χ4v) is 4.16. The Morgan fingerprint density at radius 2 is 2.05 bits per heavy atom. The van der Waals surface area contributed by atoms with Gasteiger partial charge < -0.3 is 4.90 Å². The summed E-state index contributed by atoms with van der Waals surface area (Å²) in [5, 5.41) is -0.177. The predicted octanol–water partition coefficient (Wildman–Crippen LogP) is 3.79. The van der Waals surface area contributed by atoms with Gasteiger partial charge in [-0.15, -0.1) is 0 Å². The number of likely N-dealkylation sites (tertiary alicyclic amines) is 1. The van der Waals surface area contributed by atoms with Crippen LogP contribution in [0, 0.1) is 5.92 Å². The monoisotopic (exact) mass is 369 g/mol. The molecule has 1 aromatic rings. The SMILES string of the molecule is CCC1CCN(C(=O)c2cc(Cl)c(Cl)c(S(=O)(=O)Cl)c2)C1. The predicted molar refractivity (Wildman–Crippen MR) is 83.8 cm³/mol. The van der Waals surface area contributed by atoms with Crippen LogP contribution >= 0.6 is 33.9 Å². The molecule has 21 heavy (non-hydrogen) atoms. The Bertz CT molecular complexity index is 675. The molecule has 1 aromatic carbocycles. The lowest BCUT2D eigenvalue weighted by Gasteiger charge is -2.17. The Hall–Kier alpha value is -0.490. The fourth-order valence-electron chi connectivity index (χ4n) is 2.40. The van der Waals surface area contributed by atoms with Gasteiger partial charge in [-0.2, -0.15) is 0 Å². The highest BCUT2D eigenvalue weighted by molar-refractivity contribution is 8.13. The Balaban J connectivity index is 2.37. The standard InChI is InChI=1S/C13H14Cl3NO3S/c1-2-8-3-4-17(7-8)13(18)9-5-10(14)12(15)11(6-9)21(16,19)20/h5-6,8H,2-4,7H2,1H3. The summed E-state index contributed by atoms with van der Waals surface area (Å²) in [6, 6.07) is 2.55. The Morgan fingerprint density at radius 1 is 1.38 bits per heavy atom. The summed E-state index contributed by atoms with van der Waals surface area (Å²) < 4.78 is 23.0. The van der Waals surface area contributed by atoms with Crippen LogP contribution in [0.3, 0.4) is 0 Å². The maximum absolute atomic E-state index is 12.4. The summed E-state index contributed by atoms with van der Waals surface area (Å²) in [4.78, 5) is 13.8. The lowest BCUT2D eigenvalue weighted by molar-refractivity contribution is 0.0786. The number of rotatable bonds is 3. The number of nitrogens with zero attached hydrogens (tertiary/aromatic N) is 1. The zero-order chi connectivity index (χ0) is 15.8. The molecule has 1 amide bonds. The number of amides is 1. The molecule has 0 radical (unpaired) electrons. The number of carbonyl (C=O) groups excluding carboxylic acids is 1. The fraction of sp³-hybridized carbons (Fsp3) is 0.462. The molecule has 1 fully saturated rings. The summed E-state index contributed by atoms with van der Waals surface area (Å²) in [6.45, 7) is 3.40. The van der Waals surface area contributed by atoms with Gasteiger partial charge in [0.1, 0.15) is 4.90 Å². The van der Waals surface area contributed by atoms with E-state index in [2.05, 4.69) is 6.92 Å². The summed E-state index contributed by atoms with van der Waals surface area (Å²) >= 11 is 11.7. The van der Waals surface area contributed by atoms with Crippen LogP contribution in [0.2, 0.25) is 10.0 Å². The lowest BCUT2D eigenvalue weighted by atomic mass is 10.1. The van der Waals surface area contributed by atoms with Crippen LogP contribution in [0.5, 0.6) is 0 Å². The van der Waals surface area contributed by atoms with Gasteiger partial charge in [0.25, 0.3) is 15.0 Å². The average molecular weight is 371 g/mol. The van der Waals surface area contributed by atoms with Gasteiger partial charge in [-0.1, -0.05) is 36.5 Å². The molecule has 116 valence electrons. The molecule has 1 heterocycles. The first-order valence-corrected chi connectivity index (χ1v) is 9.53. The van der Waals surface area contributed by atoms with Crippen molar-refractivity contribution in [1.82, 2.24) is 4.90 Å². The van der Waals surface area contributed by atoms with Crippen LogP contribution in [-0.4, -0.2) is 32.3 Å². The van der Waals surface area contributed by atoms with Crippen LogP contribution in [0.4, 0.5) is 0 Å². The third kappa shape index (κ3) is 3.65. The summed E-state index contributed by atoms with van der Waals surface area (Å²) in [7, 11) is 1.26. The first-order valence-electron chi connectivity index (χ1n) is 6.47. The van der Waals surface area contributed by atoms with Crippen molar-refractivity contribution in [2.45, 2.75) is 24.7 Å². The van der Waals surface area contributed by atoms with E-state index in [4.69, 9.17) is 33.9 Å².